The van der Waals surface area contributed by atoms with Gasteiger partial charge in [0, 0.05) is 0 Å². The minimum Gasteiger partial charge on any atom is -0.491 e. The topological polar surface area (TPSA) is 79.2 Å². The Labute approximate surface area is 164 Å². The second kappa shape index (κ2) is 10.9. The number of alkyl halides is 1. The summed E-state index contributed by atoms with van der Waals surface area (Å²) in [5.41, 5.74) is 3.02. The lowest BCUT2D eigenvalue weighted by molar-refractivity contribution is 0.0536. The molecule has 146 valence electrons. The maximum absolute atomic E-state index is 9.47. The van der Waals surface area contributed by atoms with Crippen molar-refractivity contribution in [2.24, 2.45) is 0 Å². The first-order valence-corrected chi connectivity index (χ1v) is 9.22. The van der Waals surface area contributed by atoms with Gasteiger partial charge in [0.2, 0.25) is 0 Å². The number of aliphatic hydroxyl groups is 3. The molecule has 5 nitrogen and oxygen atoms in total. The third kappa shape index (κ3) is 7.23. The molecule has 0 saturated heterocycles. The molecule has 0 aliphatic rings. The highest BCUT2D eigenvalue weighted by atomic mass is 35.5. The molecule has 0 spiro atoms. The van der Waals surface area contributed by atoms with Crippen molar-refractivity contribution in [2.45, 2.75) is 19.1 Å². The van der Waals surface area contributed by atoms with Gasteiger partial charge in [0.25, 0.3) is 0 Å². The summed E-state index contributed by atoms with van der Waals surface area (Å²) in [7, 11) is 0. The molecular formula is C21H25ClO5. The molecule has 6 heteroatoms. The Balaban J connectivity index is 1.94. The van der Waals surface area contributed by atoms with Gasteiger partial charge in [-0.25, -0.2) is 0 Å². The molecule has 0 amide bonds. The summed E-state index contributed by atoms with van der Waals surface area (Å²) in [5, 5.41) is 27.5. The lowest BCUT2D eigenvalue weighted by Gasteiger charge is -2.12. The molecule has 2 rings (SSSR count). The zero-order chi connectivity index (χ0) is 19.6. The fraction of sp³-hybridized carbons (Fsp3) is 0.333. The summed E-state index contributed by atoms with van der Waals surface area (Å²) in [6, 6.07) is 13.3. The standard InChI is InChI=1S/C21H25ClO5/c1-15-10-17(6-9-21(15)27-13-18(24)11-22)3-2-16-4-7-20(8-5-16)26-14-19(25)12-23/h2-10,18-19,23-25H,11-14H2,1H3/b3-2-/t18-,19-/m1/s1. The second-order valence-electron chi connectivity index (χ2n) is 6.19. The lowest BCUT2D eigenvalue weighted by atomic mass is 10.1. The molecule has 3 N–H and O–H groups in total. The van der Waals surface area contributed by atoms with Crippen LogP contribution < -0.4 is 9.47 Å². The number of ether oxygens (including phenoxy) is 2. The van der Waals surface area contributed by atoms with Gasteiger partial charge in [-0.1, -0.05) is 30.4 Å². The fourth-order valence-electron chi connectivity index (χ4n) is 2.28. The van der Waals surface area contributed by atoms with E-state index in [2.05, 4.69) is 0 Å². The predicted molar refractivity (Wildman–Crippen MR) is 107 cm³/mol. The second-order valence-corrected chi connectivity index (χ2v) is 6.50. The van der Waals surface area contributed by atoms with E-state index in [0.29, 0.717) is 5.75 Å². The van der Waals surface area contributed by atoms with Gasteiger partial charge in [0.1, 0.15) is 36.9 Å². The smallest absolute Gasteiger partial charge is 0.122 e. The summed E-state index contributed by atoms with van der Waals surface area (Å²) in [5.74, 6) is 1.50. The van der Waals surface area contributed by atoms with E-state index in [1.165, 1.54) is 0 Å². The molecule has 0 bridgehead atoms. The van der Waals surface area contributed by atoms with E-state index in [1.54, 1.807) is 0 Å². The molecule has 0 aliphatic heterocycles. The third-order valence-corrected chi connectivity index (χ3v) is 4.17. The van der Waals surface area contributed by atoms with Gasteiger partial charge in [0.15, 0.2) is 0 Å². The highest BCUT2D eigenvalue weighted by Crippen LogP contribution is 2.21. The summed E-state index contributed by atoms with van der Waals surface area (Å²) in [6.45, 7) is 1.86. The van der Waals surface area contributed by atoms with Crippen molar-refractivity contribution in [3.63, 3.8) is 0 Å². The van der Waals surface area contributed by atoms with Gasteiger partial charge in [0.05, 0.1) is 12.5 Å². The van der Waals surface area contributed by atoms with Gasteiger partial charge in [-0.15, -0.1) is 11.6 Å². The first-order valence-electron chi connectivity index (χ1n) is 8.69. The predicted octanol–water partition coefficient (Wildman–Crippen LogP) is 2.88. The van der Waals surface area contributed by atoms with E-state index >= 15 is 0 Å². The molecule has 2 aromatic carbocycles. The van der Waals surface area contributed by atoms with E-state index in [9.17, 15) is 10.2 Å². The Kier molecular flexibility index (Phi) is 8.61. The molecule has 2 atom stereocenters. The highest BCUT2D eigenvalue weighted by molar-refractivity contribution is 6.18. The fourth-order valence-corrected chi connectivity index (χ4v) is 2.37. The Hall–Kier alpha value is -2.05. The zero-order valence-corrected chi connectivity index (χ0v) is 16.0. The number of aryl methyl sites for hydroxylation is 1. The van der Waals surface area contributed by atoms with Crippen LogP contribution in [0, 0.1) is 6.92 Å². The van der Waals surface area contributed by atoms with Crippen LogP contribution in [0.4, 0.5) is 0 Å². The van der Waals surface area contributed by atoms with E-state index in [4.69, 9.17) is 26.2 Å². The van der Waals surface area contributed by atoms with Crippen molar-refractivity contribution >= 4 is 23.8 Å². The number of aliphatic hydroxyl groups excluding tert-OH is 3. The maximum atomic E-state index is 9.47. The summed E-state index contributed by atoms with van der Waals surface area (Å²) in [6.07, 6.45) is 2.43. The summed E-state index contributed by atoms with van der Waals surface area (Å²) >= 11 is 5.56. The molecule has 0 radical (unpaired) electrons. The number of hydrogen-bond acceptors (Lipinski definition) is 5. The van der Waals surface area contributed by atoms with E-state index in [-0.39, 0.29) is 25.7 Å². The molecule has 0 aromatic heterocycles. The van der Waals surface area contributed by atoms with Crippen LogP contribution in [0.25, 0.3) is 12.2 Å². The summed E-state index contributed by atoms with van der Waals surface area (Å²) < 4.78 is 10.9. The normalized spacial score (nSPS) is 13.5. The number of halogens is 1. The van der Waals surface area contributed by atoms with Gasteiger partial charge < -0.3 is 24.8 Å². The molecule has 0 fully saturated rings. The van der Waals surface area contributed by atoms with Crippen LogP contribution in [0.15, 0.2) is 42.5 Å². The van der Waals surface area contributed by atoms with Crippen LogP contribution in [-0.2, 0) is 0 Å². The Bertz CT molecular complexity index is 730. The van der Waals surface area contributed by atoms with Crippen molar-refractivity contribution in [1.29, 1.82) is 0 Å². The van der Waals surface area contributed by atoms with Crippen LogP contribution in [-0.4, -0.2) is 53.2 Å². The van der Waals surface area contributed by atoms with Gasteiger partial charge in [-0.2, -0.15) is 0 Å². The van der Waals surface area contributed by atoms with E-state index in [1.807, 2.05) is 61.5 Å². The number of rotatable bonds is 10. The monoisotopic (exact) mass is 392 g/mol. The average Bonchev–Trinajstić information content (AvgIpc) is 2.70. The Morgan fingerprint density at radius 1 is 0.926 bits per heavy atom. The van der Waals surface area contributed by atoms with E-state index in [0.717, 1.165) is 22.4 Å². The molecular weight excluding hydrogens is 368 g/mol. The van der Waals surface area contributed by atoms with Crippen LogP contribution in [0.3, 0.4) is 0 Å². The first kappa shape index (κ1) is 21.3. The average molecular weight is 393 g/mol. The Morgan fingerprint density at radius 2 is 1.56 bits per heavy atom. The third-order valence-electron chi connectivity index (χ3n) is 3.81. The SMILES string of the molecule is Cc1cc(/C=C\c2ccc(OC[C@H](O)CO)cc2)ccc1OC[C@H](O)CCl. The minimum absolute atomic E-state index is 0.0568. The van der Waals surface area contributed by atoms with Gasteiger partial charge in [-0.3, -0.25) is 0 Å². The van der Waals surface area contributed by atoms with Crippen molar-refractivity contribution in [3.05, 3.63) is 59.2 Å². The molecule has 0 heterocycles. The Morgan fingerprint density at radius 3 is 2.19 bits per heavy atom. The van der Waals surface area contributed by atoms with E-state index < -0.39 is 12.2 Å². The van der Waals surface area contributed by atoms with Crippen LogP contribution in [0.5, 0.6) is 11.5 Å². The molecule has 0 aliphatic carbocycles. The largest absolute Gasteiger partial charge is 0.491 e. The zero-order valence-electron chi connectivity index (χ0n) is 15.2. The molecule has 0 saturated carbocycles. The van der Waals surface area contributed by atoms with Crippen LogP contribution in [0.1, 0.15) is 16.7 Å². The lowest BCUT2D eigenvalue weighted by Crippen LogP contribution is -2.21. The van der Waals surface area contributed by atoms with Crippen molar-refractivity contribution in [2.75, 3.05) is 25.7 Å². The van der Waals surface area contributed by atoms with Crippen molar-refractivity contribution < 1.29 is 24.8 Å². The van der Waals surface area contributed by atoms with Gasteiger partial charge in [-0.05, 0) is 47.9 Å². The van der Waals surface area contributed by atoms with Crippen LogP contribution in [0.2, 0.25) is 0 Å². The quantitative estimate of drug-likeness (QED) is 0.428. The number of hydrogen-bond donors (Lipinski definition) is 3. The molecule has 2 aromatic rings. The maximum Gasteiger partial charge on any atom is 0.122 e. The number of benzene rings is 2. The molecule has 27 heavy (non-hydrogen) atoms. The van der Waals surface area contributed by atoms with Crippen molar-refractivity contribution in [1.82, 2.24) is 0 Å². The minimum atomic E-state index is -0.877. The highest BCUT2D eigenvalue weighted by Gasteiger charge is 2.05. The van der Waals surface area contributed by atoms with Crippen molar-refractivity contribution in [3.8, 4) is 11.5 Å². The van der Waals surface area contributed by atoms with Crippen LogP contribution >= 0.6 is 11.6 Å². The van der Waals surface area contributed by atoms with Gasteiger partial charge >= 0.3 is 0 Å². The summed E-state index contributed by atoms with van der Waals surface area (Å²) in [4.78, 5) is 0. The molecule has 0 unspecified atom stereocenters. The first-order chi connectivity index (χ1) is 13.0.